The molecule has 0 saturated heterocycles. The van der Waals surface area contributed by atoms with Crippen LogP contribution in [0.5, 0.6) is 0 Å². The number of hydrogen-bond donors (Lipinski definition) is 1. The van der Waals surface area contributed by atoms with Crippen LogP contribution in [-0.2, 0) is 16.4 Å². The summed E-state index contributed by atoms with van der Waals surface area (Å²) in [4.78, 5) is 4.36. The summed E-state index contributed by atoms with van der Waals surface area (Å²) in [5.74, 6) is 0.713. The van der Waals surface area contributed by atoms with E-state index >= 15 is 0 Å². The van der Waals surface area contributed by atoms with Gasteiger partial charge in [-0.15, -0.1) is 10.2 Å². The van der Waals surface area contributed by atoms with Gasteiger partial charge in [-0.25, -0.2) is 8.42 Å². The number of sulfonamides is 1. The summed E-state index contributed by atoms with van der Waals surface area (Å²) >= 11 is 0. The maximum atomic E-state index is 11.5. The number of pyridine rings is 1. The zero-order chi connectivity index (χ0) is 21.4. The van der Waals surface area contributed by atoms with Crippen LogP contribution in [0.3, 0.4) is 0 Å². The summed E-state index contributed by atoms with van der Waals surface area (Å²) in [5.41, 5.74) is 4.63. The zero-order valence-corrected chi connectivity index (χ0v) is 17.4. The van der Waals surface area contributed by atoms with E-state index in [0.717, 1.165) is 28.3 Å². The van der Waals surface area contributed by atoms with E-state index < -0.39 is 10.0 Å². The molecule has 5 rings (SSSR count). The molecule has 0 radical (unpaired) electrons. The van der Waals surface area contributed by atoms with Crippen molar-refractivity contribution in [3.05, 3.63) is 84.3 Å². The molecule has 31 heavy (non-hydrogen) atoms. The van der Waals surface area contributed by atoms with Crippen molar-refractivity contribution in [2.75, 3.05) is 11.0 Å². The van der Waals surface area contributed by atoms with E-state index in [2.05, 4.69) is 26.0 Å². The van der Waals surface area contributed by atoms with Gasteiger partial charge in [0.05, 0.1) is 17.5 Å². The topological polar surface area (TPSA) is 102 Å². The number of benzene rings is 2. The Kier molecular flexibility index (Phi) is 4.59. The second-order valence-electron chi connectivity index (χ2n) is 7.27. The van der Waals surface area contributed by atoms with E-state index in [0.29, 0.717) is 29.3 Å². The molecule has 0 bridgehead atoms. The summed E-state index contributed by atoms with van der Waals surface area (Å²) in [6.07, 6.45) is 3.47. The van der Waals surface area contributed by atoms with Crippen molar-refractivity contribution >= 4 is 32.3 Å². The van der Waals surface area contributed by atoms with Crippen molar-refractivity contribution in [3.63, 3.8) is 0 Å². The molecule has 3 aromatic heterocycles. The van der Waals surface area contributed by atoms with Crippen LogP contribution in [0.1, 0.15) is 11.4 Å². The quantitative estimate of drug-likeness (QED) is 0.459. The lowest BCUT2D eigenvalue weighted by Gasteiger charge is -2.07. The minimum Gasteiger partial charge on any atom is -0.284 e. The minimum absolute atomic E-state index is 0.482. The number of anilines is 1. The van der Waals surface area contributed by atoms with Gasteiger partial charge in [-0.1, -0.05) is 24.3 Å². The van der Waals surface area contributed by atoms with Crippen molar-refractivity contribution in [2.45, 2.75) is 6.42 Å². The molecule has 0 aliphatic carbocycles. The van der Waals surface area contributed by atoms with Gasteiger partial charge in [0.25, 0.3) is 0 Å². The van der Waals surface area contributed by atoms with Crippen LogP contribution in [0, 0.1) is 0 Å². The van der Waals surface area contributed by atoms with E-state index in [1.165, 1.54) is 0 Å². The Bertz CT molecular complexity index is 1530. The van der Waals surface area contributed by atoms with Gasteiger partial charge < -0.3 is 0 Å². The van der Waals surface area contributed by atoms with Crippen LogP contribution in [0.15, 0.2) is 72.9 Å². The van der Waals surface area contributed by atoms with E-state index in [1.807, 2.05) is 42.5 Å². The maximum absolute atomic E-state index is 11.5. The Morgan fingerprint density at radius 2 is 1.87 bits per heavy atom. The van der Waals surface area contributed by atoms with Crippen molar-refractivity contribution in [2.24, 2.45) is 0 Å². The molecular formula is C22H18N6O2S. The fourth-order valence-electron chi connectivity index (χ4n) is 3.47. The zero-order valence-electron chi connectivity index (χ0n) is 16.6. The molecule has 2 aromatic carbocycles. The summed E-state index contributed by atoms with van der Waals surface area (Å²) in [5, 5.41) is 14.3. The summed E-state index contributed by atoms with van der Waals surface area (Å²) in [6.45, 7) is 0. The van der Waals surface area contributed by atoms with Gasteiger partial charge >= 0.3 is 0 Å². The maximum Gasteiger partial charge on any atom is 0.229 e. The largest absolute Gasteiger partial charge is 0.284 e. The summed E-state index contributed by atoms with van der Waals surface area (Å²) in [7, 11) is -3.36. The molecule has 0 aliphatic rings. The lowest BCUT2D eigenvalue weighted by atomic mass is 10.1. The van der Waals surface area contributed by atoms with Crippen LogP contribution in [0.4, 0.5) is 5.69 Å². The molecule has 1 N–H and O–H groups in total. The Morgan fingerprint density at radius 3 is 2.74 bits per heavy atom. The number of nitrogens with one attached hydrogen (secondary N) is 1. The summed E-state index contributed by atoms with van der Waals surface area (Å²) < 4.78 is 27.3. The van der Waals surface area contributed by atoms with Gasteiger partial charge in [0, 0.05) is 29.3 Å². The molecule has 0 fully saturated rings. The second kappa shape index (κ2) is 7.44. The monoisotopic (exact) mass is 430 g/mol. The first-order chi connectivity index (χ1) is 14.9. The van der Waals surface area contributed by atoms with Gasteiger partial charge in [0.15, 0.2) is 11.5 Å². The third kappa shape index (κ3) is 4.08. The lowest BCUT2D eigenvalue weighted by molar-refractivity contribution is 0.607. The van der Waals surface area contributed by atoms with Gasteiger partial charge in [-0.2, -0.15) is 9.61 Å². The van der Waals surface area contributed by atoms with Crippen molar-refractivity contribution < 1.29 is 8.42 Å². The molecule has 3 heterocycles. The van der Waals surface area contributed by atoms with E-state index in [4.69, 9.17) is 5.10 Å². The van der Waals surface area contributed by atoms with Crippen LogP contribution in [0.2, 0.25) is 0 Å². The molecule has 0 aliphatic heterocycles. The predicted octanol–water partition coefficient (Wildman–Crippen LogP) is 3.30. The first-order valence-electron chi connectivity index (χ1n) is 9.58. The molecule has 154 valence electrons. The van der Waals surface area contributed by atoms with Gasteiger partial charge in [-0.3, -0.25) is 9.71 Å². The third-order valence-electron chi connectivity index (χ3n) is 4.82. The first-order valence-corrected chi connectivity index (χ1v) is 11.5. The Labute approximate surface area is 178 Å². The Morgan fingerprint density at radius 1 is 0.968 bits per heavy atom. The molecule has 0 spiro atoms. The number of nitrogens with zero attached hydrogens (tertiary/aromatic N) is 5. The van der Waals surface area contributed by atoms with Gasteiger partial charge in [-0.05, 0) is 48.0 Å². The van der Waals surface area contributed by atoms with Crippen molar-refractivity contribution in [3.8, 4) is 11.3 Å². The fourth-order valence-corrected chi connectivity index (χ4v) is 4.03. The molecule has 5 aromatic rings. The predicted molar refractivity (Wildman–Crippen MR) is 119 cm³/mol. The van der Waals surface area contributed by atoms with Crippen molar-refractivity contribution in [1.82, 2.24) is 24.8 Å². The van der Waals surface area contributed by atoms with Crippen molar-refractivity contribution in [1.29, 1.82) is 0 Å². The molecule has 0 amide bonds. The van der Waals surface area contributed by atoms with Crippen LogP contribution in [0.25, 0.3) is 27.8 Å². The summed E-state index contributed by atoms with van der Waals surface area (Å²) in [6, 6.07) is 20.8. The third-order valence-corrected chi connectivity index (χ3v) is 5.43. The van der Waals surface area contributed by atoms with Crippen LogP contribution < -0.4 is 4.72 Å². The highest BCUT2D eigenvalue weighted by molar-refractivity contribution is 7.92. The molecular weight excluding hydrogens is 412 g/mol. The molecule has 0 atom stereocenters. The highest BCUT2D eigenvalue weighted by Crippen LogP contribution is 2.22. The highest BCUT2D eigenvalue weighted by atomic mass is 32.2. The standard InChI is InChI=1S/C22H18N6O2S/c1-31(29,30)27-18-6-2-4-17(14-18)20-9-10-21-24-25-22(28(21)26-20)13-15-7-8-19-16(12-15)5-3-11-23-19/h2-12,14,27H,13H2,1H3. The molecule has 9 heteroatoms. The average Bonchev–Trinajstić information content (AvgIpc) is 3.14. The average molecular weight is 430 g/mol. The van der Waals surface area contributed by atoms with E-state index in [9.17, 15) is 8.42 Å². The molecule has 0 unspecified atom stereocenters. The van der Waals surface area contributed by atoms with E-state index in [-0.39, 0.29) is 0 Å². The van der Waals surface area contributed by atoms with Gasteiger partial charge in [0.2, 0.25) is 10.0 Å². The van der Waals surface area contributed by atoms with Crippen LogP contribution in [-0.4, -0.2) is 39.5 Å². The highest BCUT2D eigenvalue weighted by Gasteiger charge is 2.11. The lowest BCUT2D eigenvalue weighted by Crippen LogP contribution is -2.09. The molecule has 8 nitrogen and oxygen atoms in total. The SMILES string of the molecule is CS(=O)(=O)Nc1cccc(-c2ccc3nnc(Cc4ccc5ncccc5c4)n3n2)c1. The van der Waals surface area contributed by atoms with Gasteiger partial charge in [0.1, 0.15) is 0 Å². The smallest absolute Gasteiger partial charge is 0.229 e. The molecule has 0 saturated carbocycles. The number of aromatic nitrogens is 5. The van der Waals surface area contributed by atoms with E-state index in [1.54, 1.807) is 28.9 Å². The number of fused-ring (bicyclic) bond motifs is 2. The normalized spacial score (nSPS) is 11.8. The number of hydrogen-bond acceptors (Lipinski definition) is 6. The van der Waals surface area contributed by atoms with Crippen LogP contribution >= 0.6 is 0 Å². The number of rotatable bonds is 5. The Balaban J connectivity index is 1.50. The Hall–Kier alpha value is -3.85. The first kappa shape index (κ1) is 19.1. The second-order valence-corrected chi connectivity index (χ2v) is 9.02. The fraction of sp³-hybridized carbons (Fsp3) is 0.0909. The minimum atomic E-state index is -3.36.